The molecule has 0 saturated heterocycles. The number of benzene rings is 2. The smallest absolute Gasteiger partial charge is 0.323 e. The lowest BCUT2D eigenvalue weighted by molar-refractivity contribution is -0.137. The van der Waals surface area contributed by atoms with E-state index in [-0.39, 0.29) is 12.3 Å². The molecule has 1 heterocycles. The summed E-state index contributed by atoms with van der Waals surface area (Å²) >= 11 is 0. The van der Waals surface area contributed by atoms with Gasteiger partial charge in [-0.3, -0.25) is 14.4 Å². The largest absolute Gasteiger partial charge is 0.480 e. The van der Waals surface area contributed by atoms with Gasteiger partial charge in [0.1, 0.15) is 17.9 Å². The maximum absolute atomic E-state index is 13.2. The first kappa shape index (κ1) is 20.3. The van der Waals surface area contributed by atoms with Gasteiger partial charge in [0, 0.05) is 30.0 Å². The summed E-state index contributed by atoms with van der Waals surface area (Å²) in [5.41, 5.74) is 2.03. The van der Waals surface area contributed by atoms with Crippen molar-refractivity contribution in [3.63, 3.8) is 0 Å². The molecule has 1 aromatic heterocycles. The number of hydrogen-bond donors (Lipinski definition) is 1. The first-order valence-electron chi connectivity index (χ1n) is 9.54. The number of aliphatic carboxylic acids is 1. The van der Waals surface area contributed by atoms with Crippen molar-refractivity contribution in [2.24, 2.45) is 0 Å². The predicted molar refractivity (Wildman–Crippen MR) is 109 cm³/mol. The predicted octanol–water partition coefficient (Wildman–Crippen LogP) is 4.16. The minimum Gasteiger partial charge on any atom is -0.480 e. The van der Waals surface area contributed by atoms with Crippen molar-refractivity contribution >= 4 is 28.6 Å². The van der Waals surface area contributed by atoms with Crippen LogP contribution in [0.2, 0.25) is 0 Å². The van der Waals surface area contributed by atoms with E-state index in [1.807, 2.05) is 24.3 Å². The van der Waals surface area contributed by atoms with Gasteiger partial charge in [-0.05, 0) is 24.6 Å². The Balaban J connectivity index is 1.91. The van der Waals surface area contributed by atoms with Gasteiger partial charge in [-0.1, -0.05) is 43.7 Å². The highest BCUT2D eigenvalue weighted by Gasteiger charge is 2.22. The molecule has 29 heavy (non-hydrogen) atoms. The molecule has 1 amide bonds. The van der Waals surface area contributed by atoms with Gasteiger partial charge < -0.3 is 14.4 Å². The molecule has 1 N–H and O–H groups in total. The molecule has 3 aromatic rings. The van der Waals surface area contributed by atoms with Crippen LogP contribution in [0.3, 0.4) is 0 Å². The van der Waals surface area contributed by atoms with Crippen LogP contribution in [0.15, 0.2) is 52.9 Å². The van der Waals surface area contributed by atoms with Gasteiger partial charge >= 0.3 is 5.97 Å². The highest BCUT2D eigenvalue weighted by atomic mass is 16.4. The second kappa shape index (κ2) is 8.73. The van der Waals surface area contributed by atoms with Crippen LogP contribution in [-0.4, -0.2) is 41.3 Å². The summed E-state index contributed by atoms with van der Waals surface area (Å²) in [4.78, 5) is 37.4. The average molecular weight is 393 g/mol. The number of carbonyl (C=O) groups is 3. The minimum absolute atomic E-state index is 0.154. The Morgan fingerprint density at radius 3 is 2.31 bits per heavy atom. The molecule has 0 radical (unpaired) electrons. The molecule has 3 rings (SSSR count). The van der Waals surface area contributed by atoms with Gasteiger partial charge in [-0.15, -0.1) is 0 Å². The van der Waals surface area contributed by atoms with Gasteiger partial charge in [0.25, 0.3) is 5.91 Å². The zero-order chi connectivity index (χ0) is 21.0. The van der Waals surface area contributed by atoms with E-state index in [2.05, 4.69) is 6.92 Å². The van der Waals surface area contributed by atoms with Crippen molar-refractivity contribution in [2.45, 2.75) is 26.2 Å². The van der Waals surface area contributed by atoms with E-state index in [9.17, 15) is 14.4 Å². The third-order valence-corrected chi connectivity index (χ3v) is 4.77. The molecule has 150 valence electrons. The molecule has 2 aromatic carbocycles. The lowest BCUT2D eigenvalue weighted by Crippen LogP contribution is -2.31. The van der Waals surface area contributed by atoms with E-state index >= 15 is 0 Å². The van der Waals surface area contributed by atoms with Gasteiger partial charge in [0.05, 0.1) is 5.56 Å². The fraction of sp³-hybridized carbons (Fsp3) is 0.261. The number of amides is 1. The molecule has 0 bridgehead atoms. The first-order chi connectivity index (χ1) is 13.9. The van der Waals surface area contributed by atoms with Crippen molar-refractivity contribution in [1.29, 1.82) is 0 Å². The lowest BCUT2D eigenvalue weighted by atomic mass is 9.97. The fourth-order valence-electron chi connectivity index (χ4n) is 3.26. The highest BCUT2D eigenvalue weighted by Crippen LogP contribution is 2.29. The Morgan fingerprint density at radius 2 is 1.66 bits per heavy atom. The second-order valence-corrected chi connectivity index (χ2v) is 6.96. The molecule has 0 atom stereocenters. The number of carbonyl (C=O) groups excluding carboxylic acids is 2. The van der Waals surface area contributed by atoms with Crippen molar-refractivity contribution in [3.8, 4) is 0 Å². The molecular formula is C23H23NO5. The molecule has 0 fully saturated rings. The summed E-state index contributed by atoms with van der Waals surface area (Å²) in [7, 11) is 1.42. The topological polar surface area (TPSA) is 87.8 Å². The number of furan rings is 1. The number of rotatable bonds is 8. The zero-order valence-corrected chi connectivity index (χ0v) is 16.5. The van der Waals surface area contributed by atoms with E-state index in [0.29, 0.717) is 34.5 Å². The number of likely N-dealkylation sites (N-methyl/N-ethyl adjacent to an activating group) is 1. The molecule has 0 saturated carbocycles. The van der Waals surface area contributed by atoms with Crippen LogP contribution in [0.4, 0.5) is 0 Å². The fourth-order valence-corrected chi connectivity index (χ4v) is 3.26. The van der Waals surface area contributed by atoms with E-state index in [1.54, 1.807) is 24.3 Å². The van der Waals surface area contributed by atoms with Crippen LogP contribution in [0.5, 0.6) is 0 Å². The first-order valence-corrected chi connectivity index (χ1v) is 9.54. The third kappa shape index (κ3) is 4.37. The van der Waals surface area contributed by atoms with Gasteiger partial charge in [0.2, 0.25) is 0 Å². The van der Waals surface area contributed by atoms with E-state index in [4.69, 9.17) is 9.52 Å². The third-order valence-electron chi connectivity index (χ3n) is 4.77. The van der Waals surface area contributed by atoms with E-state index in [1.165, 1.54) is 7.05 Å². The van der Waals surface area contributed by atoms with Crippen LogP contribution in [-0.2, 0) is 11.2 Å². The summed E-state index contributed by atoms with van der Waals surface area (Å²) in [6, 6.07) is 13.7. The number of para-hydroxylation sites is 1. The molecule has 6 heteroatoms. The summed E-state index contributed by atoms with van der Waals surface area (Å²) in [5, 5.41) is 9.61. The summed E-state index contributed by atoms with van der Waals surface area (Å²) in [6.45, 7) is 1.70. The summed E-state index contributed by atoms with van der Waals surface area (Å²) in [6.07, 6.45) is 2.59. The molecule has 6 nitrogen and oxygen atoms in total. The number of unbranched alkanes of at least 4 members (excludes halogenated alkanes) is 1. The molecule has 0 aliphatic carbocycles. The standard InChI is InChI=1S/C23H23NO5/c1-3-4-8-19-21(17-7-5-6-9-18(17)29-19)22(27)15-10-12-16(13-11-15)23(28)24(2)14-20(25)26/h5-7,9-13H,3-4,8,14H2,1-2H3,(H,25,26). The Kier molecular flexibility index (Phi) is 6.12. The van der Waals surface area contributed by atoms with Crippen molar-refractivity contribution in [3.05, 3.63) is 71.0 Å². The van der Waals surface area contributed by atoms with Crippen LogP contribution in [0, 0.1) is 0 Å². The van der Waals surface area contributed by atoms with Crippen LogP contribution in [0.1, 0.15) is 51.8 Å². The van der Waals surface area contributed by atoms with Crippen molar-refractivity contribution in [1.82, 2.24) is 4.90 Å². The minimum atomic E-state index is -1.08. The Labute approximate surface area is 168 Å². The number of carboxylic acid groups (broad SMARTS) is 1. The van der Waals surface area contributed by atoms with Crippen LogP contribution in [0.25, 0.3) is 11.0 Å². The summed E-state index contributed by atoms with van der Waals surface area (Å²) in [5.74, 6) is -0.971. The number of ketones is 1. The van der Waals surface area contributed by atoms with Crippen molar-refractivity contribution in [2.75, 3.05) is 13.6 Å². The van der Waals surface area contributed by atoms with Crippen LogP contribution < -0.4 is 0 Å². The van der Waals surface area contributed by atoms with E-state index < -0.39 is 11.9 Å². The maximum Gasteiger partial charge on any atom is 0.323 e. The highest BCUT2D eigenvalue weighted by molar-refractivity contribution is 6.17. The number of aryl methyl sites for hydroxylation is 1. The average Bonchev–Trinajstić information content (AvgIpc) is 3.09. The van der Waals surface area contributed by atoms with Gasteiger partial charge in [0.15, 0.2) is 5.78 Å². The monoisotopic (exact) mass is 393 g/mol. The number of hydrogen-bond acceptors (Lipinski definition) is 4. The number of carboxylic acids is 1. The summed E-state index contributed by atoms with van der Waals surface area (Å²) < 4.78 is 5.94. The Bertz CT molecular complexity index is 1050. The van der Waals surface area contributed by atoms with E-state index in [0.717, 1.165) is 23.1 Å². The van der Waals surface area contributed by atoms with Gasteiger partial charge in [-0.2, -0.15) is 0 Å². The van der Waals surface area contributed by atoms with Gasteiger partial charge in [-0.25, -0.2) is 0 Å². The second-order valence-electron chi connectivity index (χ2n) is 6.96. The SMILES string of the molecule is CCCCc1oc2ccccc2c1C(=O)c1ccc(C(=O)N(C)CC(=O)O)cc1. The molecular weight excluding hydrogens is 370 g/mol. The zero-order valence-electron chi connectivity index (χ0n) is 16.5. The molecule has 0 aliphatic heterocycles. The molecule has 0 aliphatic rings. The lowest BCUT2D eigenvalue weighted by Gasteiger charge is -2.14. The quantitative estimate of drug-likeness (QED) is 0.581. The Morgan fingerprint density at radius 1 is 1.00 bits per heavy atom. The Hall–Kier alpha value is -3.41. The number of nitrogens with zero attached hydrogens (tertiary/aromatic N) is 1. The van der Waals surface area contributed by atoms with Crippen molar-refractivity contribution < 1.29 is 23.9 Å². The number of fused-ring (bicyclic) bond motifs is 1. The maximum atomic E-state index is 13.2. The molecule has 0 spiro atoms. The van der Waals surface area contributed by atoms with Crippen LogP contribution >= 0.6 is 0 Å². The molecule has 0 unspecified atom stereocenters. The normalized spacial score (nSPS) is 10.8.